The standard InChI is InChI=1S/C14H25N3S/c1-3-17-12-16-10-13(17)9-15-11-14(18-2)7-5-4-6-8-14/h10,12,15H,3-9,11H2,1-2H3. The molecule has 0 unspecified atom stereocenters. The molecule has 0 saturated heterocycles. The first-order valence-corrected chi connectivity index (χ1v) is 8.27. The van der Waals surface area contributed by atoms with Crippen LogP contribution in [0.15, 0.2) is 12.5 Å². The molecule has 1 aliphatic carbocycles. The number of hydrogen-bond donors (Lipinski definition) is 1. The summed E-state index contributed by atoms with van der Waals surface area (Å²) < 4.78 is 2.69. The van der Waals surface area contributed by atoms with Gasteiger partial charge in [0.25, 0.3) is 0 Å². The Bertz CT molecular complexity index is 356. The van der Waals surface area contributed by atoms with Gasteiger partial charge in [0.15, 0.2) is 0 Å². The van der Waals surface area contributed by atoms with Crippen molar-refractivity contribution in [2.45, 2.75) is 56.9 Å². The van der Waals surface area contributed by atoms with Crippen molar-refractivity contribution in [3.8, 4) is 0 Å². The van der Waals surface area contributed by atoms with Crippen molar-refractivity contribution in [3.05, 3.63) is 18.2 Å². The maximum absolute atomic E-state index is 4.21. The van der Waals surface area contributed by atoms with Gasteiger partial charge in [0.05, 0.1) is 12.0 Å². The summed E-state index contributed by atoms with van der Waals surface area (Å²) >= 11 is 2.06. The van der Waals surface area contributed by atoms with Crippen molar-refractivity contribution in [1.29, 1.82) is 0 Å². The third-order valence-corrected chi connectivity index (χ3v) is 5.51. The zero-order chi connectivity index (χ0) is 12.8. The van der Waals surface area contributed by atoms with E-state index < -0.39 is 0 Å². The maximum Gasteiger partial charge on any atom is 0.0948 e. The fraction of sp³-hybridized carbons (Fsp3) is 0.786. The largest absolute Gasteiger partial charge is 0.334 e. The van der Waals surface area contributed by atoms with Crippen LogP contribution >= 0.6 is 11.8 Å². The Kier molecular flexibility index (Phi) is 5.13. The molecule has 1 heterocycles. The summed E-state index contributed by atoms with van der Waals surface area (Å²) in [7, 11) is 0. The molecule has 0 aliphatic heterocycles. The summed E-state index contributed by atoms with van der Waals surface area (Å²) in [6.07, 6.45) is 13.1. The Morgan fingerprint density at radius 3 is 2.83 bits per heavy atom. The number of aryl methyl sites for hydroxylation is 1. The molecule has 4 heteroatoms. The number of imidazole rings is 1. The molecule has 1 fully saturated rings. The lowest BCUT2D eigenvalue weighted by atomic mass is 9.88. The van der Waals surface area contributed by atoms with Gasteiger partial charge in [-0.3, -0.25) is 0 Å². The molecule has 1 aromatic rings. The monoisotopic (exact) mass is 267 g/mol. The highest BCUT2D eigenvalue weighted by Crippen LogP contribution is 2.37. The minimum absolute atomic E-state index is 0.481. The number of hydrogen-bond acceptors (Lipinski definition) is 3. The van der Waals surface area contributed by atoms with Gasteiger partial charge in [-0.25, -0.2) is 4.98 Å². The third kappa shape index (κ3) is 3.29. The van der Waals surface area contributed by atoms with E-state index in [4.69, 9.17) is 0 Å². The second kappa shape index (κ2) is 6.62. The van der Waals surface area contributed by atoms with Crippen LogP contribution in [-0.4, -0.2) is 27.1 Å². The van der Waals surface area contributed by atoms with E-state index in [-0.39, 0.29) is 0 Å². The molecule has 1 saturated carbocycles. The Balaban J connectivity index is 1.83. The normalized spacial score (nSPS) is 19.0. The highest BCUT2D eigenvalue weighted by atomic mass is 32.2. The molecule has 0 amide bonds. The zero-order valence-electron chi connectivity index (χ0n) is 11.6. The third-order valence-electron chi connectivity index (χ3n) is 4.09. The number of thioether (sulfide) groups is 1. The quantitative estimate of drug-likeness (QED) is 0.859. The summed E-state index contributed by atoms with van der Waals surface area (Å²) in [5.74, 6) is 0. The van der Waals surface area contributed by atoms with Crippen LogP contribution in [0.5, 0.6) is 0 Å². The summed E-state index contributed by atoms with van der Waals surface area (Å²) in [4.78, 5) is 4.21. The van der Waals surface area contributed by atoms with Gasteiger partial charge in [0.1, 0.15) is 0 Å². The van der Waals surface area contributed by atoms with Gasteiger partial charge in [0, 0.05) is 30.6 Å². The molecule has 0 radical (unpaired) electrons. The molecular formula is C14H25N3S. The van der Waals surface area contributed by atoms with Crippen LogP contribution in [0, 0.1) is 0 Å². The first-order valence-electron chi connectivity index (χ1n) is 7.04. The van der Waals surface area contributed by atoms with Crippen molar-refractivity contribution in [2.24, 2.45) is 0 Å². The van der Waals surface area contributed by atoms with Gasteiger partial charge >= 0.3 is 0 Å². The fourth-order valence-electron chi connectivity index (χ4n) is 2.85. The predicted octanol–water partition coefficient (Wildman–Crippen LogP) is 3.06. The number of nitrogens with one attached hydrogen (secondary N) is 1. The fourth-order valence-corrected chi connectivity index (χ4v) is 3.79. The average molecular weight is 267 g/mol. The Hall–Kier alpha value is -0.480. The van der Waals surface area contributed by atoms with Crippen LogP contribution in [0.2, 0.25) is 0 Å². The highest BCUT2D eigenvalue weighted by Gasteiger charge is 2.30. The van der Waals surface area contributed by atoms with Gasteiger partial charge in [-0.15, -0.1) is 0 Å². The summed E-state index contributed by atoms with van der Waals surface area (Å²) in [6.45, 7) is 5.24. The van der Waals surface area contributed by atoms with Crippen LogP contribution in [0.3, 0.4) is 0 Å². The number of aromatic nitrogens is 2. The smallest absolute Gasteiger partial charge is 0.0948 e. The van der Waals surface area contributed by atoms with Crippen molar-refractivity contribution in [2.75, 3.05) is 12.8 Å². The first kappa shape index (κ1) is 13.9. The molecule has 0 aromatic carbocycles. The highest BCUT2D eigenvalue weighted by molar-refractivity contribution is 8.00. The molecule has 0 bridgehead atoms. The summed E-state index contributed by atoms with van der Waals surface area (Å²) in [6, 6.07) is 0. The van der Waals surface area contributed by atoms with Gasteiger partial charge in [-0.1, -0.05) is 19.3 Å². The van der Waals surface area contributed by atoms with E-state index in [0.717, 1.165) is 19.6 Å². The topological polar surface area (TPSA) is 29.9 Å². The van der Waals surface area contributed by atoms with E-state index >= 15 is 0 Å². The van der Waals surface area contributed by atoms with Crippen molar-refractivity contribution < 1.29 is 0 Å². The van der Waals surface area contributed by atoms with Crippen LogP contribution < -0.4 is 5.32 Å². The van der Waals surface area contributed by atoms with E-state index in [9.17, 15) is 0 Å². The number of nitrogens with zero attached hydrogens (tertiary/aromatic N) is 2. The van der Waals surface area contributed by atoms with E-state index in [1.807, 2.05) is 12.5 Å². The van der Waals surface area contributed by atoms with Crippen LogP contribution in [0.25, 0.3) is 0 Å². The minimum atomic E-state index is 0.481. The lowest BCUT2D eigenvalue weighted by molar-refractivity contribution is 0.378. The molecule has 2 rings (SSSR count). The Morgan fingerprint density at radius 2 is 2.17 bits per heavy atom. The van der Waals surface area contributed by atoms with Crippen molar-refractivity contribution in [3.63, 3.8) is 0 Å². The van der Waals surface area contributed by atoms with E-state index in [1.165, 1.54) is 37.8 Å². The second-order valence-electron chi connectivity index (χ2n) is 5.22. The number of rotatable bonds is 6. The van der Waals surface area contributed by atoms with Gasteiger partial charge in [-0.2, -0.15) is 11.8 Å². The molecule has 0 atom stereocenters. The van der Waals surface area contributed by atoms with E-state index in [1.54, 1.807) is 0 Å². The molecule has 18 heavy (non-hydrogen) atoms. The van der Waals surface area contributed by atoms with Crippen LogP contribution in [-0.2, 0) is 13.1 Å². The molecule has 1 aliphatic rings. The molecule has 1 aromatic heterocycles. The van der Waals surface area contributed by atoms with Crippen LogP contribution in [0.4, 0.5) is 0 Å². The van der Waals surface area contributed by atoms with Gasteiger partial charge < -0.3 is 9.88 Å². The SMILES string of the molecule is CCn1cncc1CNCC1(SC)CCCCC1. The molecular weight excluding hydrogens is 242 g/mol. The summed E-state index contributed by atoms with van der Waals surface area (Å²) in [5.41, 5.74) is 1.30. The molecule has 0 spiro atoms. The van der Waals surface area contributed by atoms with E-state index in [0.29, 0.717) is 4.75 Å². The molecule has 3 nitrogen and oxygen atoms in total. The average Bonchev–Trinajstić information content (AvgIpc) is 2.87. The van der Waals surface area contributed by atoms with Crippen LogP contribution in [0.1, 0.15) is 44.7 Å². The lowest BCUT2D eigenvalue weighted by Gasteiger charge is -2.36. The predicted molar refractivity (Wildman–Crippen MR) is 78.9 cm³/mol. The maximum atomic E-state index is 4.21. The van der Waals surface area contributed by atoms with Gasteiger partial charge in [0.2, 0.25) is 0 Å². The van der Waals surface area contributed by atoms with Gasteiger partial charge in [-0.05, 0) is 26.0 Å². The minimum Gasteiger partial charge on any atom is -0.334 e. The Labute approximate surface area is 115 Å². The first-order chi connectivity index (χ1) is 8.79. The second-order valence-corrected chi connectivity index (χ2v) is 6.50. The van der Waals surface area contributed by atoms with Crippen molar-refractivity contribution >= 4 is 11.8 Å². The summed E-state index contributed by atoms with van der Waals surface area (Å²) in [5, 5.41) is 3.64. The Morgan fingerprint density at radius 1 is 1.39 bits per heavy atom. The molecule has 1 N–H and O–H groups in total. The van der Waals surface area contributed by atoms with E-state index in [2.05, 4.69) is 39.8 Å². The molecule has 102 valence electrons. The zero-order valence-corrected chi connectivity index (χ0v) is 12.4. The van der Waals surface area contributed by atoms with Crippen molar-refractivity contribution in [1.82, 2.24) is 14.9 Å². The lowest BCUT2D eigenvalue weighted by Crippen LogP contribution is -2.39.